The molecule has 0 aromatic heterocycles. The van der Waals surface area contributed by atoms with E-state index in [2.05, 4.69) is 5.32 Å². The average Bonchev–Trinajstić information content (AvgIpc) is 2.59. The molecule has 1 aromatic rings. The van der Waals surface area contributed by atoms with Crippen molar-refractivity contribution in [2.45, 2.75) is 31.1 Å². The molecule has 7 heteroatoms. The van der Waals surface area contributed by atoms with Gasteiger partial charge in [-0.1, -0.05) is 17.7 Å². The molecule has 0 spiro atoms. The summed E-state index contributed by atoms with van der Waals surface area (Å²) in [6.45, 7) is 3.90. The molecule has 0 aliphatic carbocycles. The third kappa shape index (κ3) is 4.78. The molecule has 1 aromatic carbocycles. The van der Waals surface area contributed by atoms with Crippen LogP contribution in [0.1, 0.15) is 24.8 Å². The number of nitrogens with one attached hydrogen (secondary N) is 1. The third-order valence-electron chi connectivity index (χ3n) is 4.31. The van der Waals surface area contributed by atoms with Gasteiger partial charge in [0.15, 0.2) is 0 Å². The van der Waals surface area contributed by atoms with E-state index < -0.39 is 10.0 Å². The predicted octanol–water partition coefficient (Wildman–Crippen LogP) is 1.55. The van der Waals surface area contributed by atoms with E-state index in [0.717, 1.165) is 12.0 Å². The first kappa shape index (κ1) is 18.9. The Kier molecular flexibility index (Phi) is 6.77. The molecule has 2 rings (SSSR count). The van der Waals surface area contributed by atoms with Crippen molar-refractivity contribution in [1.29, 1.82) is 0 Å². The normalized spacial score (nSPS) is 16.9. The highest BCUT2D eigenvalue weighted by molar-refractivity contribution is 7.89. The van der Waals surface area contributed by atoms with Crippen molar-refractivity contribution < 1.29 is 17.9 Å². The van der Waals surface area contributed by atoms with Gasteiger partial charge in [0.25, 0.3) is 0 Å². The number of amides is 1. The molecule has 24 heavy (non-hydrogen) atoms. The van der Waals surface area contributed by atoms with Gasteiger partial charge in [0.1, 0.15) is 0 Å². The number of hydrogen-bond donors (Lipinski definition) is 1. The van der Waals surface area contributed by atoms with Gasteiger partial charge in [-0.15, -0.1) is 0 Å². The van der Waals surface area contributed by atoms with Gasteiger partial charge >= 0.3 is 0 Å². The van der Waals surface area contributed by atoms with Gasteiger partial charge in [-0.05, 0) is 38.3 Å². The van der Waals surface area contributed by atoms with Gasteiger partial charge in [0.05, 0.1) is 4.90 Å². The number of carbonyl (C=O) groups excluding carboxylic acids is 1. The zero-order valence-corrected chi connectivity index (χ0v) is 15.1. The van der Waals surface area contributed by atoms with Crippen LogP contribution in [0.2, 0.25) is 0 Å². The molecule has 0 unspecified atom stereocenters. The standard InChI is InChI=1S/C17H26N2O4S/c1-14-4-6-16(7-5-14)24(21,22)19-11-8-15(9-12-19)17(20)18-10-3-13-23-2/h4-7,15H,3,8-13H2,1-2H3,(H,18,20). The topological polar surface area (TPSA) is 75.7 Å². The Morgan fingerprint density at radius 2 is 1.88 bits per heavy atom. The minimum Gasteiger partial charge on any atom is -0.385 e. The number of ether oxygens (including phenoxy) is 1. The minimum atomic E-state index is -3.47. The number of sulfonamides is 1. The van der Waals surface area contributed by atoms with Gasteiger partial charge < -0.3 is 10.1 Å². The summed E-state index contributed by atoms with van der Waals surface area (Å²) >= 11 is 0. The van der Waals surface area contributed by atoms with Crippen LogP contribution in [0.3, 0.4) is 0 Å². The number of nitrogens with zero attached hydrogens (tertiary/aromatic N) is 1. The van der Waals surface area contributed by atoms with Gasteiger partial charge in [-0.3, -0.25) is 4.79 Å². The molecule has 1 saturated heterocycles. The fraction of sp³-hybridized carbons (Fsp3) is 0.588. The second kappa shape index (κ2) is 8.60. The summed E-state index contributed by atoms with van der Waals surface area (Å²) in [5, 5.41) is 2.89. The number of hydrogen-bond acceptors (Lipinski definition) is 4. The Bertz CT molecular complexity index is 635. The van der Waals surface area contributed by atoms with E-state index in [1.54, 1.807) is 31.4 Å². The third-order valence-corrected chi connectivity index (χ3v) is 6.22. The van der Waals surface area contributed by atoms with E-state index in [0.29, 0.717) is 44.0 Å². The van der Waals surface area contributed by atoms with E-state index in [1.165, 1.54) is 4.31 Å². The molecule has 0 radical (unpaired) electrons. The first-order chi connectivity index (χ1) is 11.4. The number of methoxy groups -OCH3 is 1. The van der Waals surface area contributed by atoms with Crippen LogP contribution in [0.25, 0.3) is 0 Å². The Labute approximate surface area is 144 Å². The summed E-state index contributed by atoms with van der Waals surface area (Å²) in [4.78, 5) is 12.4. The van der Waals surface area contributed by atoms with E-state index >= 15 is 0 Å². The van der Waals surface area contributed by atoms with E-state index in [1.807, 2.05) is 6.92 Å². The number of rotatable bonds is 7. The van der Waals surface area contributed by atoms with Crippen molar-refractivity contribution in [3.8, 4) is 0 Å². The van der Waals surface area contributed by atoms with Crippen LogP contribution in [0, 0.1) is 12.8 Å². The van der Waals surface area contributed by atoms with Gasteiger partial charge in [0, 0.05) is 39.3 Å². The lowest BCUT2D eigenvalue weighted by atomic mass is 9.97. The van der Waals surface area contributed by atoms with Crippen LogP contribution in [-0.4, -0.2) is 52.0 Å². The summed E-state index contributed by atoms with van der Waals surface area (Å²) in [5.41, 5.74) is 1.03. The van der Waals surface area contributed by atoms with Crippen molar-refractivity contribution in [1.82, 2.24) is 9.62 Å². The van der Waals surface area contributed by atoms with E-state index in [9.17, 15) is 13.2 Å². The second-order valence-corrected chi connectivity index (χ2v) is 8.07. The van der Waals surface area contributed by atoms with Gasteiger partial charge in [0.2, 0.25) is 15.9 Å². The second-order valence-electron chi connectivity index (χ2n) is 6.13. The van der Waals surface area contributed by atoms with Crippen LogP contribution in [0.15, 0.2) is 29.2 Å². The maximum atomic E-state index is 12.6. The lowest BCUT2D eigenvalue weighted by molar-refractivity contribution is -0.126. The van der Waals surface area contributed by atoms with E-state index in [4.69, 9.17) is 4.74 Å². The maximum Gasteiger partial charge on any atom is 0.243 e. The molecule has 0 saturated carbocycles. The maximum absolute atomic E-state index is 12.6. The average molecular weight is 354 g/mol. The molecule has 0 bridgehead atoms. The smallest absolute Gasteiger partial charge is 0.243 e. The van der Waals surface area contributed by atoms with E-state index in [-0.39, 0.29) is 11.8 Å². The molecular weight excluding hydrogens is 328 g/mol. The Morgan fingerprint density at radius 3 is 2.46 bits per heavy atom. The van der Waals surface area contributed by atoms with Crippen LogP contribution in [0.5, 0.6) is 0 Å². The number of piperidine rings is 1. The van der Waals surface area contributed by atoms with Crippen LogP contribution in [0.4, 0.5) is 0 Å². The van der Waals surface area contributed by atoms with Crippen molar-refractivity contribution in [3.63, 3.8) is 0 Å². The molecule has 6 nitrogen and oxygen atoms in total. The summed E-state index contributed by atoms with van der Waals surface area (Å²) in [5.74, 6) is -0.101. The Morgan fingerprint density at radius 1 is 1.25 bits per heavy atom. The molecule has 1 aliphatic rings. The molecule has 1 N–H and O–H groups in total. The SMILES string of the molecule is COCCCNC(=O)C1CCN(S(=O)(=O)c2ccc(C)cc2)CC1. The van der Waals surface area contributed by atoms with Crippen LogP contribution >= 0.6 is 0 Å². The molecule has 1 heterocycles. The monoisotopic (exact) mass is 354 g/mol. The largest absolute Gasteiger partial charge is 0.385 e. The minimum absolute atomic E-state index is 0.0125. The van der Waals surface area contributed by atoms with Gasteiger partial charge in [-0.2, -0.15) is 4.31 Å². The molecule has 1 fully saturated rings. The molecule has 134 valence electrons. The highest BCUT2D eigenvalue weighted by atomic mass is 32.2. The predicted molar refractivity (Wildman–Crippen MR) is 92.2 cm³/mol. The molecule has 1 aliphatic heterocycles. The zero-order valence-electron chi connectivity index (χ0n) is 14.3. The summed E-state index contributed by atoms with van der Waals surface area (Å²) < 4.78 is 31.7. The molecular formula is C17H26N2O4S. The quantitative estimate of drug-likeness (QED) is 0.754. The molecule has 0 atom stereocenters. The summed E-state index contributed by atoms with van der Waals surface area (Å²) in [7, 11) is -1.84. The van der Waals surface area contributed by atoms with Crippen molar-refractivity contribution in [2.75, 3.05) is 33.4 Å². The first-order valence-electron chi connectivity index (χ1n) is 8.28. The first-order valence-corrected chi connectivity index (χ1v) is 9.72. The zero-order chi connectivity index (χ0) is 17.6. The highest BCUT2D eigenvalue weighted by Crippen LogP contribution is 2.24. The lowest BCUT2D eigenvalue weighted by Gasteiger charge is -2.30. The fourth-order valence-corrected chi connectivity index (χ4v) is 4.26. The lowest BCUT2D eigenvalue weighted by Crippen LogP contribution is -2.43. The fourth-order valence-electron chi connectivity index (χ4n) is 2.79. The van der Waals surface area contributed by atoms with Crippen molar-refractivity contribution in [3.05, 3.63) is 29.8 Å². The number of carbonyl (C=O) groups is 1. The number of aryl methyl sites for hydroxylation is 1. The number of benzene rings is 1. The Balaban J connectivity index is 1.87. The Hall–Kier alpha value is -1.44. The van der Waals surface area contributed by atoms with Crippen LogP contribution < -0.4 is 5.32 Å². The van der Waals surface area contributed by atoms with Gasteiger partial charge in [-0.25, -0.2) is 8.42 Å². The van der Waals surface area contributed by atoms with Crippen molar-refractivity contribution >= 4 is 15.9 Å². The van der Waals surface area contributed by atoms with Crippen LogP contribution in [-0.2, 0) is 19.6 Å². The van der Waals surface area contributed by atoms with Crippen molar-refractivity contribution in [2.24, 2.45) is 5.92 Å². The summed E-state index contributed by atoms with van der Waals surface area (Å²) in [6.07, 6.45) is 1.89. The molecule has 1 amide bonds. The summed E-state index contributed by atoms with van der Waals surface area (Å²) in [6, 6.07) is 6.87. The highest BCUT2D eigenvalue weighted by Gasteiger charge is 2.31.